The van der Waals surface area contributed by atoms with Crippen molar-refractivity contribution in [2.24, 2.45) is 17.8 Å². The summed E-state index contributed by atoms with van der Waals surface area (Å²) in [4.78, 5) is -10.1. The van der Waals surface area contributed by atoms with E-state index in [0.717, 1.165) is 0 Å². The first-order valence-corrected chi connectivity index (χ1v) is 22.7. The van der Waals surface area contributed by atoms with E-state index in [-0.39, 0.29) is 49.5 Å². The van der Waals surface area contributed by atoms with Crippen LogP contribution in [0.4, 0.5) is 0 Å². The van der Waals surface area contributed by atoms with Crippen molar-refractivity contribution >= 4 is 244 Å². The summed E-state index contributed by atoms with van der Waals surface area (Å²) in [7, 11) is 0. The van der Waals surface area contributed by atoms with Crippen LogP contribution in [0.3, 0.4) is 0 Å². The van der Waals surface area contributed by atoms with Crippen molar-refractivity contribution in [2.45, 2.75) is 77.6 Å². The maximum atomic E-state index is 7.23. The molecule has 21 heteroatoms. The van der Waals surface area contributed by atoms with E-state index in [1.54, 1.807) is 0 Å². The molecule has 0 radical (unpaired) electrons. The van der Waals surface area contributed by atoms with Gasteiger partial charge in [-0.3, -0.25) is 0 Å². The van der Waals surface area contributed by atoms with Crippen LogP contribution in [0.2, 0.25) is 0 Å². The van der Waals surface area contributed by atoms with Crippen molar-refractivity contribution in [1.82, 2.24) is 0 Å². The van der Waals surface area contributed by atoms with Gasteiger partial charge >= 0.3 is 0 Å². The maximum Gasteiger partial charge on any atom is 0.168 e. The van der Waals surface area contributed by atoms with Gasteiger partial charge in [-0.25, -0.2) is 0 Å². The van der Waals surface area contributed by atoms with Crippen molar-refractivity contribution in [3.05, 3.63) is 65.1 Å². The molecule has 12 unspecified atom stereocenters. The topological polar surface area (TPSA) is 0 Å². The predicted octanol–water partition coefficient (Wildman–Crippen LogP) is 15.5. The molecule has 3 saturated carbocycles. The summed E-state index contributed by atoms with van der Waals surface area (Å²) in [5.41, 5.74) is 2.06. The molecule has 0 saturated heterocycles. The standard InChI is InChI=1S/C30H15Cl21/c31-13-10(22(40)16(34)19(37)25(13,43)28(22,46)47)4-7-1-2-8(5-11-14(32)26(44)20(38)17(35)23(11,41)29(26,48)49)9(3-7)6-12-15(33)27(45)21(39)18(36)24(12,42)30(27,50)51/h1-3,10-15H,4-6H2. The Balaban J connectivity index is 1.33. The van der Waals surface area contributed by atoms with E-state index in [1.807, 2.05) is 18.2 Å². The van der Waals surface area contributed by atoms with Crippen LogP contribution in [0.15, 0.2) is 48.4 Å². The Hall–Kier alpha value is 4.53. The summed E-state index contributed by atoms with van der Waals surface area (Å²) < 4.78 is -5.65. The molecule has 0 aromatic heterocycles. The third-order valence-corrected chi connectivity index (χ3v) is 26.7. The highest BCUT2D eigenvalue weighted by Gasteiger charge is 2.84. The third-order valence-electron chi connectivity index (χ3n) is 11.6. The monoisotopic (exact) mass is 1110 g/mol. The molecule has 7 rings (SSSR count). The number of hydrogen-bond acceptors (Lipinski definition) is 0. The smallest absolute Gasteiger partial charge is 0.120 e. The second-order valence-corrected chi connectivity index (χ2v) is 24.9. The molecule has 6 aliphatic carbocycles. The molecule has 1 aromatic rings. The number of benzene rings is 1. The van der Waals surface area contributed by atoms with E-state index in [4.69, 9.17) is 244 Å². The van der Waals surface area contributed by atoms with Crippen LogP contribution in [0.1, 0.15) is 16.7 Å². The van der Waals surface area contributed by atoms with Crippen LogP contribution in [-0.2, 0) is 19.3 Å². The lowest BCUT2D eigenvalue weighted by Gasteiger charge is -2.37. The molecule has 0 amide bonds. The second kappa shape index (κ2) is 13.0. The molecule has 0 spiro atoms. The van der Waals surface area contributed by atoms with Crippen molar-refractivity contribution in [1.29, 1.82) is 0 Å². The fourth-order valence-corrected chi connectivity index (χ4v) is 19.8. The van der Waals surface area contributed by atoms with E-state index in [2.05, 4.69) is 0 Å². The number of alkyl halides is 15. The average molecular weight is 1120 g/mol. The van der Waals surface area contributed by atoms with E-state index in [1.165, 1.54) is 0 Å². The molecular weight excluding hydrogens is 1100 g/mol. The number of fused-ring (bicyclic) bond motifs is 6. The maximum absolute atomic E-state index is 7.23. The highest BCUT2D eigenvalue weighted by atomic mass is 35.5. The number of halogens is 21. The molecule has 0 heterocycles. The van der Waals surface area contributed by atoms with Gasteiger partial charge in [-0.2, -0.15) is 0 Å². The van der Waals surface area contributed by atoms with Gasteiger partial charge in [-0.15, -0.1) is 104 Å². The summed E-state index contributed by atoms with van der Waals surface area (Å²) in [6.07, 6.45) is 0.437. The lowest BCUT2D eigenvalue weighted by atomic mass is 9.79. The number of allylic oxidation sites excluding steroid dienone is 6. The first-order chi connectivity index (χ1) is 23.1. The zero-order chi connectivity index (χ0) is 38.4. The summed E-state index contributed by atoms with van der Waals surface area (Å²) in [6, 6.07) is 5.55. The van der Waals surface area contributed by atoms with Gasteiger partial charge in [-0.1, -0.05) is 157 Å². The number of hydrogen-bond donors (Lipinski definition) is 0. The first kappa shape index (κ1) is 43.6. The summed E-state index contributed by atoms with van der Waals surface area (Å²) in [6.45, 7) is 0. The third kappa shape index (κ3) is 4.67. The molecule has 1 aromatic carbocycles. The summed E-state index contributed by atoms with van der Waals surface area (Å²) in [5.74, 6) is -2.24. The fraction of sp³-hybridized carbons (Fsp3) is 0.600. The Kier molecular flexibility index (Phi) is 11.1. The SMILES string of the molecule is ClC1=C(Cl)C2(Cl)C(Cc3ccc(CC4C(Cl)C5(Cl)C(Cl)=C(Cl)C4(Cl)C5(Cl)Cl)c(CC4C(Cl)C5(Cl)C(Cl)=C(Cl)C4(Cl)C5(Cl)Cl)c3)C(Cl)C1(Cl)C2(Cl)Cl. The summed E-state index contributed by atoms with van der Waals surface area (Å²) in [5, 5.41) is -3.03. The quantitative estimate of drug-likeness (QED) is 0.249. The van der Waals surface area contributed by atoms with E-state index >= 15 is 0 Å². The van der Waals surface area contributed by atoms with E-state index in [0.29, 0.717) is 16.7 Å². The van der Waals surface area contributed by atoms with E-state index in [9.17, 15) is 0 Å². The van der Waals surface area contributed by atoms with Crippen LogP contribution in [0.25, 0.3) is 0 Å². The highest BCUT2D eigenvalue weighted by Crippen LogP contribution is 2.78. The van der Waals surface area contributed by atoms with Crippen LogP contribution in [-0.4, -0.2) is 58.4 Å². The average Bonchev–Trinajstić information content (AvgIpc) is 3.46. The number of rotatable bonds is 6. The minimum Gasteiger partial charge on any atom is -0.120 e. The van der Waals surface area contributed by atoms with Gasteiger partial charge in [0.15, 0.2) is 13.0 Å². The molecule has 3 fully saturated rings. The zero-order valence-electron chi connectivity index (χ0n) is 24.3. The Morgan fingerprint density at radius 1 is 0.373 bits per heavy atom. The van der Waals surface area contributed by atoms with Gasteiger partial charge in [0.25, 0.3) is 0 Å². The molecule has 12 atom stereocenters. The van der Waals surface area contributed by atoms with Crippen molar-refractivity contribution in [3.8, 4) is 0 Å². The van der Waals surface area contributed by atoms with Crippen LogP contribution < -0.4 is 0 Å². The van der Waals surface area contributed by atoms with Crippen LogP contribution in [0.5, 0.6) is 0 Å². The largest absolute Gasteiger partial charge is 0.168 e. The lowest BCUT2D eigenvalue weighted by Crippen LogP contribution is -2.45. The second-order valence-electron chi connectivity index (χ2n) is 13.6. The normalized spacial score (nSPS) is 48.6. The van der Waals surface area contributed by atoms with Gasteiger partial charge in [-0.05, 0) is 36.0 Å². The van der Waals surface area contributed by atoms with Crippen LogP contribution in [0, 0.1) is 17.8 Å². The molecule has 0 nitrogen and oxygen atoms in total. The van der Waals surface area contributed by atoms with Crippen molar-refractivity contribution < 1.29 is 0 Å². The van der Waals surface area contributed by atoms with Gasteiger partial charge in [0.1, 0.15) is 29.2 Å². The summed E-state index contributed by atoms with van der Waals surface area (Å²) >= 11 is 144. The van der Waals surface area contributed by atoms with Gasteiger partial charge in [0.2, 0.25) is 0 Å². The Bertz CT molecular complexity index is 1870. The molecule has 6 aliphatic rings. The molecule has 6 bridgehead atoms. The Morgan fingerprint density at radius 3 is 0.961 bits per heavy atom. The molecule has 282 valence electrons. The minimum absolute atomic E-state index is 0.00739. The van der Waals surface area contributed by atoms with Gasteiger partial charge < -0.3 is 0 Å². The molecule has 0 aliphatic heterocycles. The molecule has 0 N–H and O–H groups in total. The molecular formula is C30H15Cl21. The highest BCUT2D eigenvalue weighted by molar-refractivity contribution is 6.69. The lowest BCUT2D eigenvalue weighted by molar-refractivity contribution is 0.449. The fourth-order valence-electron chi connectivity index (χ4n) is 8.74. The Labute approximate surface area is 398 Å². The Morgan fingerprint density at radius 2 is 0.647 bits per heavy atom. The van der Waals surface area contributed by atoms with Crippen molar-refractivity contribution in [3.63, 3.8) is 0 Å². The predicted molar refractivity (Wildman–Crippen MR) is 228 cm³/mol. The zero-order valence-corrected chi connectivity index (χ0v) is 40.1. The van der Waals surface area contributed by atoms with Gasteiger partial charge in [0, 0.05) is 17.8 Å². The first-order valence-electron chi connectivity index (χ1n) is 14.6. The molecule has 51 heavy (non-hydrogen) atoms. The van der Waals surface area contributed by atoms with Gasteiger partial charge in [0.05, 0.1) is 46.3 Å². The van der Waals surface area contributed by atoms with E-state index < -0.39 is 76.1 Å². The van der Waals surface area contributed by atoms with Crippen molar-refractivity contribution in [2.75, 3.05) is 0 Å². The van der Waals surface area contributed by atoms with Crippen LogP contribution >= 0.6 is 244 Å². The minimum atomic E-state index is -1.91.